The molecule has 0 unspecified atom stereocenters. The first kappa shape index (κ1) is 27.6. The van der Waals surface area contributed by atoms with Crippen LogP contribution < -0.4 is 0 Å². The largest absolute Gasteiger partial charge is 0.309 e. The first-order valence-corrected chi connectivity index (χ1v) is 15.1. The van der Waals surface area contributed by atoms with Crippen LogP contribution >= 0.6 is 0 Å². The summed E-state index contributed by atoms with van der Waals surface area (Å²) in [6.45, 7) is 8.04. The summed E-state index contributed by atoms with van der Waals surface area (Å²) in [6, 6.07) is 50.1. The second-order valence-corrected chi connectivity index (χ2v) is 11.1. The minimum Gasteiger partial charge on any atom is -0.309 e. The van der Waals surface area contributed by atoms with E-state index in [4.69, 9.17) is 21.5 Å². The number of para-hydroxylation sites is 1. The first-order chi connectivity index (χ1) is 23.2. The van der Waals surface area contributed by atoms with Gasteiger partial charge in [0.1, 0.15) is 0 Å². The topological polar surface area (TPSA) is 71.8 Å². The van der Waals surface area contributed by atoms with Gasteiger partial charge in [0.15, 0.2) is 23.2 Å². The molecule has 0 aliphatic carbocycles. The lowest BCUT2D eigenvalue weighted by Crippen LogP contribution is -2.01. The van der Waals surface area contributed by atoms with Crippen LogP contribution in [0.1, 0.15) is 5.56 Å². The summed E-state index contributed by atoms with van der Waals surface area (Å²) in [5, 5.41) is 11.7. The highest BCUT2D eigenvalue weighted by Crippen LogP contribution is 2.38. The number of aromatic nitrogens is 4. The molecule has 0 atom stereocenters. The Morgan fingerprint density at radius 2 is 1.15 bits per heavy atom. The average molecular weight is 601 g/mol. The fourth-order valence-electron chi connectivity index (χ4n) is 6.07. The number of rotatable bonds is 5. The van der Waals surface area contributed by atoms with Gasteiger partial charge in [-0.2, -0.15) is 5.26 Å². The highest BCUT2D eigenvalue weighted by atomic mass is 15.0. The van der Waals surface area contributed by atoms with Gasteiger partial charge in [0.25, 0.3) is 0 Å². The van der Waals surface area contributed by atoms with E-state index in [0.29, 0.717) is 34.3 Å². The Kier molecular flexibility index (Phi) is 6.80. The van der Waals surface area contributed by atoms with Crippen molar-refractivity contribution in [2.45, 2.75) is 0 Å². The summed E-state index contributed by atoms with van der Waals surface area (Å²) in [5.41, 5.74) is 8.43. The van der Waals surface area contributed by atoms with E-state index in [-0.39, 0.29) is 0 Å². The summed E-state index contributed by atoms with van der Waals surface area (Å²) < 4.78 is 2.22. The third-order valence-corrected chi connectivity index (χ3v) is 8.30. The van der Waals surface area contributed by atoms with Gasteiger partial charge in [0.2, 0.25) is 0 Å². The standard InChI is InChI=1S/C41H24N6/c1-43-36-21-20-32(25-35(36)41-45-39(28-12-4-2-5-13-28)44-40(46-41)29-14-6-3-7-15-29)47-37-18-9-8-17-33(37)34-24-31(19-22-38(34)47)30-16-10-11-27(23-30)26-42/h2-25H. The predicted octanol–water partition coefficient (Wildman–Crippen LogP) is 10.1. The molecule has 6 aromatic carbocycles. The van der Waals surface area contributed by atoms with E-state index in [2.05, 4.69) is 45.8 Å². The maximum atomic E-state index is 9.46. The summed E-state index contributed by atoms with van der Waals surface area (Å²) in [5.74, 6) is 1.52. The van der Waals surface area contributed by atoms with Crippen LogP contribution in [-0.2, 0) is 0 Å². The molecule has 2 aromatic heterocycles. The lowest BCUT2D eigenvalue weighted by molar-refractivity contribution is 1.07. The molecular weight excluding hydrogens is 576 g/mol. The van der Waals surface area contributed by atoms with Crippen LogP contribution in [0.3, 0.4) is 0 Å². The number of nitrogens with zero attached hydrogens (tertiary/aromatic N) is 6. The maximum absolute atomic E-state index is 9.46. The molecule has 47 heavy (non-hydrogen) atoms. The Morgan fingerprint density at radius 3 is 1.85 bits per heavy atom. The lowest BCUT2D eigenvalue weighted by atomic mass is 10.0. The normalized spacial score (nSPS) is 10.9. The van der Waals surface area contributed by atoms with Crippen LogP contribution in [0, 0.1) is 17.9 Å². The SMILES string of the molecule is [C-]#[N+]c1ccc(-n2c3ccccc3c3cc(-c4cccc(C#N)c4)ccc32)cc1-c1nc(-c2ccccc2)nc(-c2ccccc2)n1. The Labute approximate surface area is 271 Å². The Morgan fingerprint density at radius 1 is 0.532 bits per heavy atom. The summed E-state index contributed by atoms with van der Waals surface area (Å²) in [6.07, 6.45) is 0. The molecule has 6 nitrogen and oxygen atoms in total. The molecule has 0 bridgehead atoms. The van der Waals surface area contributed by atoms with Gasteiger partial charge in [-0.05, 0) is 53.6 Å². The zero-order valence-electron chi connectivity index (χ0n) is 25.0. The van der Waals surface area contributed by atoms with Crippen molar-refractivity contribution in [2.75, 3.05) is 0 Å². The molecule has 8 rings (SSSR count). The van der Waals surface area contributed by atoms with Crippen LogP contribution in [0.15, 0.2) is 146 Å². The second-order valence-electron chi connectivity index (χ2n) is 11.1. The van der Waals surface area contributed by atoms with Crippen LogP contribution in [0.25, 0.3) is 77.6 Å². The second kappa shape index (κ2) is 11.6. The minimum atomic E-state index is 0.436. The number of hydrogen-bond acceptors (Lipinski definition) is 4. The third-order valence-electron chi connectivity index (χ3n) is 8.30. The van der Waals surface area contributed by atoms with Crippen LogP contribution in [0.5, 0.6) is 0 Å². The molecule has 0 aliphatic rings. The summed E-state index contributed by atoms with van der Waals surface area (Å²) in [4.78, 5) is 18.5. The van der Waals surface area contributed by atoms with Gasteiger partial charge in [-0.1, -0.05) is 103 Å². The van der Waals surface area contributed by atoms with Crippen LogP contribution in [0.4, 0.5) is 5.69 Å². The Balaban J connectivity index is 1.34. The van der Waals surface area contributed by atoms with Crippen molar-refractivity contribution in [3.05, 3.63) is 163 Å². The number of nitriles is 1. The van der Waals surface area contributed by atoms with E-state index >= 15 is 0 Å². The summed E-state index contributed by atoms with van der Waals surface area (Å²) >= 11 is 0. The Hall–Kier alpha value is -6.89. The van der Waals surface area contributed by atoms with Gasteiger partial charge in [-0.25, -0.2) is 19.8 Å². The highest BCUT2D eigenvalue weighted by Gasteiger charge is 2.18. The highest BCUT2D eigenvalue weighted by molar-refractivity contribution is 6.10. The summed E-state index contributed by atoms with van der Waals surface area (Å²) in [7, 11) is 0. The van der Waals surface area contributed by atoms with Crippen molar-refractivity contribution in [1.29, 1.82) is 5.26 Å². The molecule has 0 amide bonds. The monoisotopic (exact) mass is 600 g/mol. The van der Waals surface area contributed by atoms with E-state index in [0.717, 1.165) is 49.7 Å². The van der Waals surface area contributed by atoms with Gasteiger partial charge in [0, 0.05) is 33.2 Å². The van der Waals surface area contributed by atoms with Crippen molar-refractivity contribution in [1.82, 2.24) is 19.5 Å². The molecule has 0 saturated heterocycles. The van der Waals surface area contributed by atoms with Gasteiger partial charge in [-0.15, -0.1) is 0 Å². The smallest absolute Gasteiger partial charge is 0.198 e. The number of hydrogen-bond donors (Lipinski definition) is 0. The molecule has 0 fully saturated rings. The van der Waals surface area contributed by atoms with Gasteiger partial charge >= 0.3 is 0 Å². The molecular formula is C41H24N6. The molecule has 218 valence electrons. The van der Waals surface area contributed by atoms with Crippen molar-refractivity contribution < 1.29 is 0 Å². The molecule has 0 N–H and O–H groups in total. The molecule has 2 heterocycles. The zero-order valence-corrected chi connectivity index (χ0v) is 25.0. The van der Waals surface area contributed by atoms with E-state index in [1.807, 2.05) is 115 Å². The lowest BCUT2D eigenvalue weighted by Gasteiger charge is -2.13. The van der Waals surface area contributed by atoms with E-state index in [1.54, 1.807) is 0 Å². The maximum Gasteiger partial charge on any atom is 0.198 e. The third kappa shape index (κ3) is 4.97. The van der Waals surface area contributed by atoms with Crippen LogP contribution in [0.2, 0.25) is 0 Å². The number of benzene rings is 6. The Bertz CT molecular complexity index is 2480. The van der Waals surface area contributed by atoms with Gasteiger partial charge in [0.05, 0.1) is 29.2 Å². The molecule has 6 heteroatoms. The van der Waals surface area contributed by atoms with Crippen molar-refractivity contribution in [2.24, 2.45) is 0 Å². The van der Waals surface area contributed by atoms with E-state index in [9.17, 15) is 5.26 Å². The quantitative estimate of drug-likeness (QED) is 0.184. The van der Waals surface area contributed by atoms with Gasteiger partial charge in [-0.3, -0.25) is 0 Å². The fraction of sp³-hybridized carbons (Fsp3) is 0. The van der Waals surface area contributed by atoms with Crippen molar-refractivity contribution in [3.8, 4) is 57.0 Å². The molecule has 0 spiro atoms. The van der Waals surface area contributed by atoms with E-state index < -0.39 is 0 Å². The zero-order chi connectivity index (χ0) is 31.7. The van der Waals surface area contributed by atoms with Gasteiger partial charge < -0.3 is 4.57 Å². The average Bonchev–Trinajstić information content (AvgIpc) is 3.49. The molecule has 0 radical (unpaired) electrons. The molecule has 0 saturated carbocycles. The fourth-order valence-corrected chi connectivity index (χ4v) is 6.07. The van der Waals surface area contributed by atoms with Crippen molar-refractivity contribution >= 4 is 27.5 Å². The minimum absolute atomic E-state index is 0.436. The molecule has 0 aliphatic heterocycles. The van der Waals surface area contributed by atoms with Crippen LogP contribution in [-0.4, -0.2) is 19.5 Å². The predicted molar refractivity (Wildman–Crippen MR) is 187 cm³/mol. The molecule has 8 aromatic rings. The van der Waals surface area contributed by atoms with Crippen molar-refractivity contribution in [3.63, 3.8) is 0 Å². The first-order valence-electron chi connectivity index (χ1n) is 15.1. The van der Waals surface area contributed by atoms with E-state index in [1.165, 1.54) is 0 Å². The number of fused-ring (bicyclic) bond motifs is 3.